The Hall–Kier alpha value is -1.44. The zero-order valence-corrected chi connectivity index (χ0v) is 11.2. The SMILES string of the molecule is CCOCC(C)Oc1nc(NN)nc2sccc12. The average molecular weight is 268 g/mol. The van der Waals surface area contributed by atoms with Crippen LogP contribution in [0.4, 0.5) is 5.95 Å². The predicted octanol–water partition coefficient (Wildman–Crippen LogP) is 1.78. The average Bonchev–Trinajstić information content (AvgIpc) is 2.84. The molecule has 2 rings (SSSR count). The molecule has 1 unspecified atom stereocenters. The van der Waals surface area contributed by atoms with Gasteiger partial charge in [0.2, 0.25) is 11.8 Å². The number of anilines is 1. The van der Waals surface area contributed by atoms with Crippen molar-refractivity contribution in [3.63, 3.8) is 0 Å². The summed E-state index contributed by atoms with van der Waals surface area (Å²) in [5.74, 6) is 6.22. The van der Waals surface area contributed by atoms with Gasteiger partial charge in [-0.2, -0.15) is 4.98 Å². The van der Waals surface area contributed by atoms with Crippen molar-refractivity contribution in [2.75, 3.05) is 18.6 Å². The zero-order valence-electron chi connectivity index (χ0n) is 10.3. The number of hydrogen-bond acceptors (Lipinski definition) is 7. The van der Waals surface area contributed by atoms with Gasteiger partial charge in [-0.1, -0.05) is 0 Å². The molecule has 1 atom stereocenters. The van der Waals surface area contributed by atoms with Crippen LogP contribution in [0.5, 0.6) is 5.88 Å². The maximum atomic E-state index is 5.77. The zero-order chi connectivity index (χ0) is 13.0. The summed E-state index contributed by atoms with van der Waals surface area (Å²) in [6.45, 7) is 5.08. The number of rotatable bonds is 6. The van der Waals surface area contributed by atoms with Crippen molar-refractivity contribution in [2.24, 2.45) is 5.84 Å². The molecule has 3 N–H and O–H groups in total. The van der Waals surface area contributed by atoms with Crippen molar-refractivity contribution in [1.82, 2.24) is 9.97 Å². The Bertz CT molecular complexity index is 517. The van der Waals surface area contributed by atoms with Crippen LogP contribution in [0, 0.1) is 0 Å². The molecule has 0 saturated heterocycles. The van der Waals surface area contributed by atoms with Crippen molar-refractivity contribution in [3.05, 3.63) is 11.4 Å². The first-order chi connectivity index (χ1) is 8.74. The lowest BCUT2D eigenvalue weighted by Crippen LogP contribution is -2.20. The van der Waals surface area contributed by atoms with Crippen LogP contribution in [0.3, 0.4) is 0 Å². The number of hydrazine groups is 1. The molecule has 0 spiro atoms. The number of nitrogen functional groups attached to an aromatic ring is 1. The van der Waals surface area contributed by atoms with E-state index in [1.54, 1.807) is 0 Å². The molecule has 6 nitrogen and oxygen atoms in total. The maximum absolute atomic E-state index is 5.77. The molecule has 0 radical (unpaired) electrons. The summed E-state index contributed by atoms with van der Waals surface area (Å²) in [6, 6.07) is 1.93. The summed E-state index contributed by atoms with van der Waals surface area (Å²) in [6.07, 6.45) is -0.0754. The summed E-state index contributed by atoms with van der Waals surface area (Å²) in [7, 11) is 0. The summed E-state index contributed by atoms with van der Waals surface area (Å²) in [4.78, 5) is 9.31. The molecule has 18 heavy (non-hydrogen) atoms. The van der Waals surface area contributed by atoms with E-state index in [0.717, 1.165) is 10.2 Å². The molecule has 0 aromatic carbocycles. The fourth-order valence-electron chi connectivity index (χ4n) is 1.49. The second kappa shape index (κ2) is 5.94. The normalized spacial score (nSPS) is 12.6. The number of ether oxygens (including phenoxy) is 2. The van der Waals surface area contributed by atoms with Gasteiger partial charge in [-0.05, 0) is 25.3 Å². The van der Waals surface area contributed by atoms with Gasteiger partial charge in [0.15, 0.2) is 0 Å². The monoisotopic (exact) mass is 268 g/mol. The van der Waals surface area contributed by atoms with Crippen LogP contribution in [0.2, 0.25) is 0 Å². The van der Waals surface area contributed by atoms with Gasteiger partial charge in [0, 0.05) is 6.61 Å². The second-order valence-electron chi connectivity index (χ2n) is 3.72. The Balaban J connectivity index is 2.22. The first kappa shape index (κ1) is 13.0. The quantitative estimate of drug-likeness (QED) is 0.614. The van der Waals surface area contributed by atoms with Gasteiger partial charge < -0.3 is 9.47 Å². The molecule has 0 aliphatic rings. The minimum Gasteiger partial charge on any atom is -0.472 e. The minimum atomic E-state index is -0.0754. The van der Waals surface area contributed by atoms with Gasteiger partial charge >= 0.3 is 0 Å². The first-order valence-electron chi connectivity index (χ1n) is 5.70. The highest BCUT2D eigenvalue weighted by molar-refractivity contribution is 7.16. The van der Waals surface area contributed by atoms with Crippen molar-refractivity contribution in [1.29, 1.82) is 0 Å². The summed E-state index contributed by atoms with van der Waals surface area (Å²) in [5, 5.41) is 2.84. The molecular formula is C11H16N4O2S. The fourth-order valence-corrected chi connectivity index (χ4v) is 2.25. The third-order valence-corrected chi connectivity index (χ3v) is 3.10. The van der Waals surface area contributed by atoms with E-state index in [4.69, 9.17) is 15.3 Å². The Morgan fingerprint density at radius 1 is 1.50 bits per heavy atom. The van der Waals surface area contributed by atoms with E-state index in [0.29, 0.717) is 25.0 Å². The van der Waals surface area contributed by atoms with Crippen molar-refractivity contribution in [3.8, 4) is 5.88 Å². The highest BCUT2D eigenvalue weighted by Gasteiger charge is 2.12. The molecule has 98 valence electrons. The number of nitrogens with one attached hydrogen (secondary N) is 1. The summed E-state index contributed by atoms with van der Waals surface area (Å²) < 4.78 is 11.1. The van der Waals surface area contributed by atoms with E-state index in [1.165, 1.54) is 11.3 Å². The van der Waals surface area contributed by atoms with Crippen LogP contribution in [-0.4, -0.2) is 29.3 Å². The maximum Gasteiger partial charge on any atom is 0.241 e. The van der Waals surface area contributed by atoms with E-state index in [1.807, 2.05) is 25.3 Å². The third-order valence-electron chi connectivity index (χ3n) is 2.29. The van der Waals surface area contributed by atoms with E-state index in [-0.39, 0.29) is 6.10 Å². The number of thiophene rings is 1. The highest BCUT2D eigenvalue weighted by Crippen LogP contribution is 2.28. The number of fused-ring (bicyclic) bond motifs is 1. The Labute approximate surface area is 109 Å². The number of nitrogens with zero attached hydrogens (tertiary/aromatic N) is 2. The lowest BCUT2D eigenvalue weighted by molar-refractivity contribution is 0.0643. The van der Waals surface area contributed by atoms with Gasteiger partial charge in [0.05, 0.1) is 12.0 Å². The largest absolute Gasteiger partial charge is 0.472 e. The van der Waals surface area contributed by atoms with Crippen molar-refractivity contribution >= 4 is 27.5 Å². The third kappa shape index (κ3) is 2.87. The summed E-state index contributed by atoms with van der Waals surface area (Å²) >= 11 is 1.52. The number of hydrogen-bond donors (Lipinski definition) is 2. The number of nitrogens with two attached hydrogens (primary N) is 1. The molecule has 2 aromatic heterocycles. The van der Waals surface area contributed by atoms with E-state index < -0.39 is 0 Å². The van der Waals surface area contributed by atoms with Gasteiger partial charge in [0.1, 0.15) is 10.9 Å². The van der Waals surface area contributed by atoms with Crippen molar-refractivity contribution < 1.29 is 9.47 Å². The second-order valence-corrected chi connectivity index (χ2v) is 4.62. The lowest BCUT2D eigenvalue weighted by Gasteiger charge is -2.14. The van der Waals surface area contributed by atoms with Crippen LogP contribution in [-0.2, 0) is 4.74 Å². The molecule has 2 heterocycles. The van der Waals surface area contributed by atoms with Gasteiger partial charge in [-0.25, -0.2) is 10.8 Å². The lowest BCUT2D eigenvalue weighted by atomic mass is 10.4. The molecular weight excluding hydrogens is 252 g/mol. The van der Waals surface area contributed by atoms with E-state index in [2.05, 4.69) is 15.4 Å². The molecule has 0 aliphatic heterocycles. The standard InChI is InChI=1S/C11H16N4O2S/c1-3-16-6-7(2)17-9-8-4-5-18-10(8)14-11(13-9)15-12/h4-5,7H,3,6,12H2,1-2H3,(H,13,14,15). The fraction of sp³-hybridized carbons (Fsp3) is 0.455. The summed E-state index contributed by atoms with van der Waals surface area (Å²) in [5.41, 5.74) is 2.44. The Morgan fingerprint density at radius 2 is 2.33 bits per heavy atom. The van der Waals surface area contributed by atoms with Gasteiger partial charge in [0.25, 0.3) is 0 Å². The molecule has 0 fully saturated rings. The Morgan fingerprint density at radius 3 is 3.06 bits per heavy atom. The first-order valence-corrected chi connectivity index (χ1v) is 6.58. The van der Waals surface area contributed by atoms with Crippen molar-refractivity contribution in [2.45, 2.75) is 20.0 Å². The predicted molar refractivity (Wildman–Crippen MR) is 71.8 cm³/mol. The van der Waals surface area contributed by atoms with Crippen LogP contribution in [0.1, 0.15) is 13.8 Å². The molecule has 0 bridgehead atoms. The minimum absolute atomic E-state index is 0.0754. The molecule has 2 aromatic rings. The van der Waals surface area contributed by atoms with E-state index in [9.17, 15) is 0 Å². The molecule has 0 aliphatic carbocycles. The molecule has 0 saturated carbocycles. The van der Waals surface area contributed by atoms with Crippen LogP contribution >= 0.6 is 11.3 Å². The molecule has 0 amide bonds. The molecule has 7 heteroatoms. The smallest absolute Gasteiger partial charge is 0.241 e. The van der Waals surface area contributed by atoms with E-state index >= 15 is 0 Å². The van der Waals surface area contributed by atoms with Crippen LogP contribution in [0.15, 0.2) is 11.4 Å². The number of aromatic nitrogens is 2. The van der Waals surface area contributed by atoms with Crippen LogP contribution < -0.4 is 16.0 Å². The van der Waals surface area contributed by atoms with Gasteiger partial charge in [-0.15, -0.1) is 11.3 Å². The van der Waals surface area contributed by atoms with Gasteiger partial charge in [-0.3, -0.25) is 5.43 Å². The highest BCUT2D eigenvalue weighted by atomic mass is 32.1. The Kier molecular flexibility index (Phi) is 4.29. The van der Waals surface area contributed by atoms with Crippen LogP contribution in [0.25, 0.3) is 10.2 Å². The topological polar surface area (TPSA) is 82.3 Å².